The molecule has 9 heteroatoms. The second-order valence-electron chi connectivity index (χ2n) is 3.26. The van der Waals surface area contributed by atoms with Crippen LogP contribution in [0.5, 0.6) is 0 Å². The molecule has 1 fully saturated rings. The molecule has 1 unspecified atom stereocenters. The van der Waals surface area contributed by atoms with Crippen molar-refractivity contribution < 1.29 is 26.4 Å². The molecule has 0 aliphatic carbocycles. The van der Waals surface area contributed by atoms with Gasteiger partial charge in [0.15, 0.2) is 0 Å². The van der Waals surface area contributed by atoms with E-state index in [0.717, 1.165) is 0 Å². The van der Waals surface area contributed by atoms with Gasteiger partial charge in [-0.3, -0.25) is 0 Å². The lowest BCUT2D eigenvalue weighted by atomic mass is 10.3. The van der Waals surface area contributed by atoms with E-state index < -0.39 is 35.1 Å². The molecule has 1 aliphatic rings. The summed E-state index contributed by atoms with van der Waals surface area (Å²) in [4.78, 5) is -0.476. The highest BCUT2D eigenvalue weighted by molar-refractivity contribution is 4.88. The van der Waals surface area contributed by atoms with E-state index in [-0.39, 0.29) is 12.6 Å². The fraction of sp³-hybridized carbons (Fsp3) is 1.00. The zero-order chi connectivity index (χ0) is 13.9. The van der Waals surface area contributed by atoms with Gasteiger partial charge in [0.2, 0.25) is 6.30 Å². The SMILES string of the molecule is CC.CCCCN1C(F)C(F)(F)N(F)C1(F)F.N. The Hall–Kier alpha value is -0.540. The molecule has 1 heterocycles. The van der Waals surface area contributed by atoms with Gasteiger partial charge in [-0.25, -0.2) is 4.39 Å². The van der Waals surface area contributed by atoms with Crippen LogP contribution in [0.25, 0.3) is 0 Å². The molecule has 0 spiro atoms. The largest absolute Gasteiger partial charge is 0.402 e. The van der Waals surface area contributed by atoms with Crippen LogP contribution in [0.15, 0.2) is 0 Å². The minimum atomic E-state index is -4.81. The maximum absolute atomic E-state index is 12.8. The molecule has 1 saturated heterocycles. The Balaban J connectivity index is 0. The molecule has 18 heavy (non-hydrogen) atoms. The second-order valence-corrected chi connectivity index (χ2v) is 3.26. The predicted octanol–water partition coefficient (Wildman–Crippen LogP) is 3.92. The van der Waals surface area contributed by atoms with Gasteiger partial charge in [-0.05, 0) is 6.42 Å². The highest BCUT2D eigenvalue weighted by Gasteiger charge is 2.72. The predicted molar refractivity (Wildman–Crippen MR) is 55.7 cm³/mol. The van der Waals surface area contributed by atoms with E-state index in [2.05, 4.69) is 0 Å². The zero-order valence-corrected chi connectivity index (χ0v) is 10.6. The zero-order valence-electron chi connectivity index (χ0n) is 10.6. The van der Waals surface area contributed by atoms with Crippen LogP contribution in [0.2, 0.25) is 0 Å². The van der Waals surface area contributed by atoms with Crippen molar-refractivity contribution >= 4 is 0 Å². The number of hydrogen-bond acceptors (Lipinski definition) is 3. The number of nitrogens with zero attached hydrogens (tertiary/aromatic N) is 2. The second kappa shape index (κ2) is 7.15. The lowest BCUT2D eigenvalue weighted by Gasteiger charge is -2.23. The van der Waals surface area contributed by atoms with Crippen LogP contribution in [-0.4, -0.2) is 35.1 Å². The Morgan fingerprint density at radius 3 is 1.83 bits per heavy atom. The van der Waals surface area contributed by atoms with Gasteiger partial charge in [-0.15, -0.1) is 4.48 Å². The number of hydrogen-bond donors (Lipinski definition) is 1. The summed E-state index contributed by atoms with van der Waals surface area (Å²) in [6.45, 7) is 4.99. The van der Waals surface area contributed by atoms with Crippen molar-refractivity contribution in [3.8, 4) is 0 Å². The Bertz CT molecular complexity index is 238. The molecule has 0 bridgehead atoms. The Kier molecular flexibility index (Phi) is 7.86. The van der Waals surface area contributed by atoms with Crippen LogP contribution in [0.3, 0.4) is 0 Å². The molecule has 0 aromatic heterocycles. The molecule has 0 aromatic carbocycles. The van der Waals surface area contributed by atoms with E-state index >= 15 is 0 Å². The van der Waals surface area contributed by atoms with E-state index in [9.17, 15) is 26.4 Å². The number of unbranched alkanes of at least 4 members (excludes halogenated alkanes) is 1. The standard InChI is InChI=1S/C7H10F6N2.C2H6.H3N/c1-2-3-4-14-5(8)6(9,10)15(13)7(14,11)12;1-2;/h5H,2-4H2,1H3;1-2H3;1H3. The quantitative estimate of drug-likeness (QED) is 0.485. The van der Waals surface area contributed by atoms with Gasteiger partial charge in [-0.1, -0.05) is 27.2 Å². The third-order valence-electron chi connectivity index (χ3n) is 2.16. The molecule has 3 N–H and O–H groups in total. The molecule has 3 nitrogen and oxygen atoms in total. The van der Waals surface area contributed by atoms with Crippen LogP contribution in [-0.2, 0) is 0 Å². The van der Waals surface area contributed by atoms with E-state index in [1.807, 2.05) is 13.8 Å². The van der Waals surface area contributed by atoms with Crippen LogP contribution >= 0.6 is 0 Å². The summed E-state index contributed by atoms with van der Waals surface area (Å²) >= 11 is 0. The summed E-state index contributed by atoms with van der Waals surface area (Å²) in [6.07, 6.45) is -7.43. The summed E-state index contributed by atoms with van der Waals surface area (Å²) in [5.74, 6) is 0. The van der Waals surface area contributed by atoms with Gasteiger partial charge >= 0.3 is 12.2 Å². The van der Waals surface area contributed by atoms with Gasteiger partial charge in [0, 0.05) is 11.7 Å². The maximum atomic E-state index is 12.8. The third kappa shape index (κ3) is 3.27. The lowest BCUT2D eigenvalue weighted by molar-refractivity contribution is -0.337. The van der Waals surface area contributed by atoms with Crippen LogP contribution < -0.4 is 6.15 Å². The molecular weight excluding hydrogens is 264 g/mol. The lowest BCUT2D eigenvalue weighted by Crippen LogP contribution is -2.44. The van der Waals surface area contributed by atoms with Gasteiger partial charge in [0.05, 0.1) is 0 Å². The van der Waals surface area contributed by atoms with Crippen molar-refractivity contribution in [3.05, 3.63) is 0 Å². The van der Waals surface area contributed by atoms with Crippen LogP contribution in [0.1, 0.15) is 33.6 Å². The Morgan fingerprint density at radius 1 is 1.11 bits per heavy atom. The number of rotatable bonds is 3. The molecule has 0 amide bonds. The summed E-state index contributed by atoms with van der Waals surface area (Å²) < 4.78 is 76.1. The molecule has 0 radical (unpaired) electrons. The van der Waals surface area contributed by atoms with Crippen molar-refractivity contribution in [1.29, 1.82) is 0 Å². The van der Waals surface area contributed by atoms with Crippen LogP contribution in [0.4, 0.5) is 26.4 Å². The van der Waals surface area contributed by atoms with Gasteiger partial charge in [0.1, 0.15) is 0 Å². The topological polar surface area (TPSA) is 41.5 Å². The smallest absolute Gasteiger partial charge is 0.344 e. The highest BCUT2D eigenvalue weighted by atomic mass is 19.3. The molecule has 0 saturated carbocycles. The van der Waals surface area contributed by atoms with Gasteiger partial charge < -0.3 is 6.15 Å². The summed E-state index contributed by atoms with van der Waals surface area (Å²) in [5, 5.41) is -2.03. The monoisotopic (exact) mass is 283 g/mol. The van der Waals surface area contributed by atoms with E-state index in [1.165, 1.54) is 0 Å². The minimum Gasteiger partial charge on any atom is -0.344 e. The first-order valence-electron chi connectivity index (χ1n) is 5.38. The van der Waals surface area contributed by atoms with Crippen LogP contribution in [0, 0.1) is 0 Å². The number of halogens is 6. The van der Waals surface area contributed by atoms with E-state index in [4.69, 9.17) is 0 Å². The van der Waals surface area contributed by atoms with Crippen molar-refractivity contribution in [2.24, 2.45) is 0 Å². The summed E-state index contributed by atoms with van der Waals surface area (Å²) in [7, 11) is 0. The fourth-order valence-electron chi connectivity index (χ4n) is 1.29. The summed E-state index contributed by atoms with van der Waals surface area (Å²) in [6, 6.07) is -4.81. The molecule has 112 valence electrons. The van der Waals surface area contributed by atoms with Crippen molar-refractivity contribution in [3.63, 3.8) is 0 Å². The first-order valence-corrected chi connectivity index (χ1v) is 5.38. The normalized spacial score (nSPS) is 26.2. The fourth-order valence-corrected chi connectivity index (χ4v) is 1.29. The average molecular weight is 283 g/mol. The molecule has 1 aliphatic heterocycles. The van der Waals surface area contributed by atoms with E-state index in [0.29, 0.717) is 6.42 Å². The Labute approximate surface area is 102 Å². The number of alkyl halides is 5. The molecule has 1 rings (SSSR count). The molecule has 0 aromatic rings. The minimum absolute atomic E-state index is 0. The van der Waals surface area contributed by atoms with Crippen molar-refractivity contribution in [2.45, 2.75) is 52.1 Å². The highest BCUT2D eigenvalue weighted by Crippen LogP contribution is 2.47. The first-order chi connectivity index (χ1) is 7.76. The van der Waals surface area contributed by atoms with Crippen molar-refractivity contribution in [2.75, 3.05) is 6.54 Å². The third-order valence-corrected chi connectivity index (χ3v) is 2.16. The van der Waals surface area contributed by atoms with Crippen molar-refractivity contribution in [1.82, 2.24) is 16.2 Å². The van der Waals surface area contributed by atoms with E-state index in [1.54, 1.807) is 6.92 Å². The molecular formula is C9H19F6N3. The van der Waals surface area contributed by atoms with Gasteiger partial charge in [0.25, 0.3) is 0 Å². The molecule has 1 atom stereocenters. The van der Waals surface area contributed by atoms with Gasteiger partial charge in [-0.2, -0.15) is 22.5 Å². The maximum Gasteiger partial charge on any atom is 0.402 e. The summed E-state index contributed by atoms with van der Waals surface area (Å²) in [5.41, 5.74) is 0. The Morgan fingerprint density at radius 2 is 1.56 bits per heavy atom. The first kappa shape index (κ1) is 19.8. The average Bonchev–Trinajstić information content (AvgIpc) is 2.40.